The van der Waals surface area contributed by atoms with Gasteiger partial charge in [0.25, 0.3) is 5.91 Å². The second kappa shape index (κ2) is 9.17. The second-order valence-electron chi connectivity index (χ2n) is 8.22. The third-order valence-corrected chi connectivity index (χ3v) is 6.28. The fourth-order valence-electron chi connectivity index (χ4n) is 3.74. The van der Waals surface area contributed by atoms with Gasteiger partial charge in [0.15, 0.2) is 0 Å². The molecule has 1 aromatic carbocycles. The average Bonchev–Trinajstić information content (AvgIpc) is 3.31. The van der Waals surface area contributed by atoms with Crippen molar-refractivity contribution in [3.8, 4) is 5.88 Å². The maximum absolute atomic E-state index is 13.0. The Bertz CT molecular complexity index is 1160. The van der Waals surface area contributed by atoms with Crippen molar-refractivity contribution < 1.29 is 9.53 Å². The van der Waals surface area contributed by atoms with Gasteiger partial charge in [0.2, 0.25) is 11.8 Å². The third-order valence-electron chi connectivity index (χ3n) is 5.65. The first-order valence-corrected chi connectivity index (χ1v) is 11.5. The van der Waals surface area contributed by atoms with E-state index in [-0.39, 0.29) is 23.7 Å². The number of carbonyl (C=O) groups is 1. The highest BCUT2D eigenvalue weighted by molar-refractivity contribution is 6.40. The molecule has 1 atom stereocenters. The minimum absolute atomic E-state index is 0.0452. The molecule has 2 aliphatic rings. The van der Waals surface area contributed by atoms with Gasteiger partial charge in [0.05, 0.1) is 33.8 Å². The number of halogens is 2. The van der Waals surface area contributed by atoms with Crippen LogP contribution < -0.4 is 15.4 Å². The van der Waals surface area contributed by atoms with Gasteiger partial charge >= 0.3 is 0 Å². The van der Waals surface area contributed by atoms with Crippen molar-refractivity contribution in [3.63, 3.8) is 0 Å². The first kappa shape index (κ1) is 21.9. The molecule has 33 heavy (non-hydrogen) atoms. The number of amides is 1. The molecule has 1 aliphatic carbocycles. The number of para-hydroxylation sites is 1. The van der Waals surface area contributed by atoms with Crippen LogP contribution in [0.15, 0.2) is 36.8 Å². The summed E-state index contributed by atoms with van der Waals surface area (Å²) < 4.78 is 7.85. The number of hydrogen-bond acceptors (Lipinski definition) is 7. The van der Waals surface area contributed by atoms with Crippen molar-refractivity contribution in [1.29, 1.82) is 0 Å². The van der Waals surface area contributed by atoms with Crippen molar-refractivity contribution in [2.24, 2.45) is 0 Å². The standard InChI is InChI=1S/C22H23Cl2N7O2/c1-30-9-3-6-18(30)31-12-13(10-26-31)27-22-25-11-15(21(29-22)33-14-7-8-14)20(32)28-19-16(23)4-2-5-17(19)24/h2,4-5,10-12,14,18H,3,6-9H2,1H3,(H,28,32)(H,25,27,29)/t18-/m0/s1. The van der Waals surface area contributed by atoms with Crippen molar-refractivity contribution in [2.75, 3.05) is 24.2 Å². The van der Waals surface area contributed by atoms with E-state index in [0.29, 0.717) is 21.7 Å². The van der Waals surface area contributed by atoms with E-state index in [4.69, 9.17) is 27.9 Å². The number of rotatable bonds is 7. The van der Waals surface area contributed by atoms with E-state index in [1.165, 1.54) is 6.20 Å². The molecular formula is C22H23Cl2N7O2. The van der Waals surface area contributed by atoms with Crippen LogP contribution in [-0.4, -0.2) is 50.3 Å². The van der Waals surface area contributed by atoms with Crippen LogP contribution in [0.25, 0.3) is 0 Å². The van der Waals surface area contributed by atoms with Crippen LogP contribution in [0, 0.1) is 0 Å². The van der Waals surface area contributed by atoms with E-state index >= 15 is 0 Å². The monoisotopic (exact) mass is 487 g/mol. The number of nitrogens with one attached hydrogen (secondary N) is 2. The number of ether oxygens (including phenoxy) is 1. The summed E-state index contributed by atoms with van der Waals surface area (Å²) in [5, 5.41) is 11.0. The minimum atomic E-state index is -0.454. The Morgan fingerprint density at radius 1 is 1.18 bits per heavy atom. The summed E-state index contributed by atoms with van der Waals surface area (Å²) in [4.78, 5) is 24.0. The van der Waals surface area contributed by atoms with Crippen molar-refractivity contribution in [3.05, 3.63) is 52.4 Å². The topological polar surface area (TPSA) is 97.2 Å². The van der Waals surface area contributed by atoms with Crippen molar-refractivity contribution in [2.45, 2.75) is 38.0 Å². The Morgan fingerprint density at radius 2 is 1.97 bits per heavy atom. The van der Waals surface area contributed by atoms with E-state index in [2.05, 4.69) is 37.6 Å². The number of aromatic nitrogens is 4. The maximum Gasteiger partial charge on any atom is 0.262 e. The number of anilines is 3. The molecule has 3 heterocycles. The SMILES string of the molecule is CN1CCC[C@@H]1n1cc(Nc2ncc(C(=O)Nc3c(Cl)cccc3Cl)c(OC3CC3)n2)cn1. The highest BCUT2D eigenvalue weighted by Crippen LogP contribution is 2.33. The molecule has 2 N–H and O–H groups in total. The van der Waals surface area contributed by atoms with Gasteiger partial charge in [-0.15, -0.1) is 0 Å². The number of nitrogens with zero attached hydrogens (tertiary/aromatic N) is 5. The quantitative estimate of drug-likeness (QED) is 0.496. The molecular weight excluding hydrogens is 465 g/mol. The smallest absolute Gasteiger partial charge is 0.262 e. The van der Waals surface area contributed by atoms with Gasteiger partial charge in [-0.3, -0.25) is 14.4 Å². The summed E-state index contributed by atoms with van der Waals surface area (Å²) in [6, 6.07) is 5.01. The van der Waals surface area contributed by atoms with Crippen LogP contribution in [0.5, 0.6) is 5.88 Å². The molecule has 0 spiro atoms. The number of carbonyl (C=O) groups excluding carboxylic acids is 1. The minimum Gasteiger partial charge on any atom is -0.474 e. The predicted octanol–water partition coefficient (Wildman–Crippen LogP) is 4.74. The number of likely N-dealkylation sites (tertiary alicyclic amines) is 1. The van der Waals surface area contributed by atoms with Crippen LogP contribution in [0.2, 0.25) is 10.0 Å². The number of hydrogen-bond donors (Lipinski definition) is 2. The average molecular weight is 488 g/mol. The lowest BCUT2D eigenvalue weighted by molar-refractivity contribution is 0.102. The van der Waals surface area contributed by atoms with Gasteiger partial charge in [0.1, 0.15) is 17.8 Å². The van der Waals surface area contributed by atoms with Crippen LogP contribution >= 0.6 is 23.2 Å². The van der Waals surface area contributed by atoms with Gasteiger partial charge in [-0.2, -0.15) is 10.1 Å². The Labute approximate surface area is 201 Å². The Hall–Kier alpha value is -2.88. The molecule has 11 heteroatoms. The zero-order chi connectivity index (χ0) is 22.9. The Balaban J connectivity index is 1.36. The van der Waals surface area contributed by atoms with Gasteiger partial charge in [-0.1, -0.05) is 29.3 Å². The lowest BCUT2D eigenvalue weighted by atomic mass is 10.2. The van der Waals surface area contributed by atoms with E-state index in [1.54, 1.807) is 24.4 Å². The molecule has 1 saturated heterocycles. The summed E-state index contributed by atoms with van der Waals surface area (Å²) in [5.41, 5.74) is 1.29. The molecule has 3 aromatic rings. The van der Waals surface area contributed by atoms with Gasteiger partial charge in [-0.25, -0.2) is 4.98 Å². The van der Waals surface area contributed by atoms with Gasteiger partial charge < -0.3 is 15.4 Å². The van der Waals surface area contributed by atoms with Crippen LogP contribution in [0.3, 0.4) is 0 Å². The molecule has 0 unspecified atom stereocenters. The molecule has 2 aromatic heterocycles. The van der Waals surface area contributed by atoms with E-state index in [1.807, 2.05) is 10.9 Å². The van der Waals surface area contributed by atoms with E-state index in [9.17, 15) is 4.79 Å². The summed E-state index contributed by atoms with van der Waals surface area (Å²) in [7, 11) is 2.09. The predicted molar refractivity (Wildman–Crippen MR) is 127 cm³/mol. The first-order valence-electron chi connectivity index (χ1n) is 10.8. The molecule has 2 fully saturated rings. The molecule has 1 aliphatic heterocycles. The van der Waals surface area contributed by atoms with Crippen molar-refractivity contribution in [1.82, 2.24) is 24.6 Å². The highest BCUT2D eigenvalue weighted by atomic mass is 35.5. The van der Waals surface area contributed by atoms with Gasteiger partial charge in [-0.05, 0) is 51.4 Å². The molecule has 1 amide bonds. The molecule has 0 bridgehead atoms. The largest absolute Gasteiger partial charge is 0.474 e. The fourth-order valence-corrected chi connectivity index (χ4v) is 4.23. The lowest BCUT2D eigenvalue weighted by Gasteiger charge is -2.19. The Kier molecular flexibility index (Phi) is 6.09. The van der Waals surface area contributed by atoms with Crippen LogP contribution in [-0.2, 0) is 0 Å². The maximum atomic E-state index is 13.0. The molecule has 172 valence electrons. The fraction of sp³-hybridized carbons (Fsp3) is 0.364. The zero-order valence-electron chi connectivity index (χ0n) is 18.0. The summed E-state index contributed by atoms with van der Waals surface area (Å²) in [6.07, 6.45) is 9.44. The van der Waals surface area contributed by atoms with E-state index in [0.717, 1.165) is 37.9 Å². The van der Waals surface area contributed by atoms with Gasteiger partial charge in [0, 0.05) is 6.20 Å². The van der Waals surface area contributed by atoms with Crippen LogP contribution in [0.4, 0.5) is 17.3 Å². The number of benzene rings is 1. The first-order chi connectivity index (χ1) is 16.0. The lowest BCUT2D eigenvalue weighted by Crippen LogP contribution is -2.23. The summed E-state index contributed by atoms with van der Waals surface area (Å²) in [5.74, 6) is 0.0696. The normalized spacial score (nSPS) is 18.3. The molecule has 1 saturated carbocycles. The molecule has 0 radical (unpaired) electrons. The van der Waals surface area contributed by atoms with Crippen LogP contribution in [0.1, 0.15) is 42.2 Å². The summed E-state index contributed by atoms with van der Waals surface area (Å²) >= 11 is 12.4. The third kappa shape index (κ3) is 4.90. The highest BCUT2D eigenvalue weighted by Gasteiger charge is 2.28. The second-order valence-corrected chi connectivity index (χ2v) is 9.03. The Morgan fingerprint density at radius 3 is 2.67 bits per heavy atom. The van der Waals surface area contributed by atoms with E-state index < -0.39 is 5.91 Å². The molecule has 9 nitrogen and oxygen atoms in total. The zero-order valence-corrected chi connectivity index (χ0v) is 19.5. The summed E-state index contributed by atoms with van der Waals surface area (Å²) in [6.45, 7) is 1.06. The van der Waals surface area contributed by atoms with Crippen molar-refractivity contribution >= 4 is 46.4 Å². The molecule has 5 rings (SSSR count).